The zero-order valence-corrected chi connectivity index (χ0v) is 6.34. The molecule has 4 heteroatoms. The highest BCUT2D eigenvalue weighted by atomic mass is 16.2. The number of hydrazine groups is 1. The van der Waals surface area contributed by atoms with Crippen molar-refractivity contribution in [1.29, 1.82) is 0 Å². The van der Waals surface area contributed by atoms with Gasteiger partial charge in [-0.1, -0.05) is 19.8 Å². The Hall–Kier alpha value is -0.770. The van der Waals surface area contributed by atoms with Crippen molar-refractivity contribution in [2.45, 2.75) is 26.2 Å². The standard InChI is InChI=1S/C6H15N3O/c1-2-3-4-5-9(8)6(7)10/h2-5,8H2,1H3,(H2,7,10). The lowest BCUT2D eigenvalue weighted by Crippen LogP contribution is -2.41. The van der Waals surface area contributed by atoms with Crippen LogP contribution < -0.4 is 11.6 Å². The first-order valence-corrected chi connectivity index (χ1v) is 3.50. The minimum absolute atomic E-state index is 0.559. The van der Waals surface area contributed by atoms with E-state index in [4.69, 9.17) is 11.6 Å². The predicted molar refractivity (Wildman–Crippen MR) is 40.0 cm³/mol. The molecule has 0 heterocycles. The van der Waals surface area contributed by atoms with Crippen molar-refractivity contribution in [3.8, 4) is 0 Å². The van der Waals surface area contributed by atoms with Gasteiger partial charge >= 0.3 is 6.03 Å². The van der Waals surface area contributed by atoms with Crippen LogP contribution in [0.1, 0.15) is 26.2 Å². The van der Waals surface area contributed by atoms with Crippen molar-refractivity contribution in [2.24, 2.45) is 11.6 Å². The van der Waals surface area contributed by atoms with Gasteiger partial charge in [-0.05, 0) is 6.42 Å². The lowest BCUT2D eigenvalue weighted by atomic mass is 10.2. The number of hydrogen-bond acceptors (Lipinski definition) is 2. The zero-order chi connectivity index (χ0) is 7.98. The van der Waals surface area contributed by atoms with E-state index >= 15 is 0 Å². The van der Waals surface area contributed by atoms with Gasteiger partial charge in [-0.3, -0.25) is 5.01 Å². The summed E-state index contributed by atoms with van der Waals surface area (Å²) >= 11 is 0. The molecule has 10 heavy (non-hydrogen) atoms. The van der Waals surface area contributed by atoms with Gasteiger partial charge < -0.3 is 5.73 Å². The van der Waals surface area contributed by atoms with Gasteiger partial charge in [0.2, 0.25) is 0 Å². The molecule has 0 radical (unpaired) electrons. The maximum absolute atomic E-state index is 10.3. The Kier molecular flexibility index (Phi) is 4.66. The third kappa shape index (κ3) is 4.14. The summed E-state index contributed by atoms with van der Waals surface area (Å²) in [7, 11) is 0. The molecule has 0 saturated carbocycles. The lowest BCUT2D eigenvalue weighted by molar-refractivity contribution is 0.207. The summed E-state index contributed by atoms with van der Waals surface area (Å²) in [5.74, 6) is 5.22. The Morgan fingerprint density at radius 1 is 1.50 bits per heavy atom. The number of amides is 2. The number of unbranched alkanes of at least 4 members (excludes halogenated alkanes) is 2. The second-order valence-corrected chi connectivity index (χ2v) is 2.24. The molecule has 4 nitrogen and oxygen atoms in total. The van der Waals surface area contributed by atoms with E-state index in [2.05, 4.69) is 6.92 Å². The van der Waals surface area contributed by atoms with Gasteiger partial charge in [0, 0.05) is 6.54 Å². The van der Waals surface area contributed by atoms with Gasteiger partial charge in [0.1, 0.15) is 0 Å². The van der Waals surface area contributed by atoms with E-state index in [-0.39, 0.29) is 0 Å². The first-order valence-electron chi connectivity index (χ1n) is 3.50. The maximum Gasteiger partial charge on any atom is 0.328 e. The summed E-state index contributed by atoms with van der Waals surface area (Å²) in [6, 6.07) is -0.559. The second-order valence-electron chi connectivity index (χ2n) is 2.24. The minimum Gasteiger partial charge on any atom is -0.350 e. The Morgan fingerprint density at radius 3 is 2.50 bits per heavy atom. The van der Waals surface area contributed by atoms with E-state index in [0.29, 0.717) is 6.54 Å². The number of carbonyl (C=O) groups is 1. The van der Waals surface area contributed by atoms with Gasteiger partial charge in [-0.15, -0.1) is 0 Å². The molecule has 2 amide bonds. The molecule has 0 fully saturated rings. The number of carbonyl (C=O) groups excluding carboxylic acids is 1. The molecule has 0 aliphatic heterocycles. The average Bonchev–Trinajstić information content (AvgIpc) is 1.88. The van der Waals surface area contributed by atoms with E-state index in [9.17, 15) is 4.79 Å². The molecule has 0 aliphatic carbocycles. The van der Waals surface area contributed by atoms with Gasteiger partial charge in [-0.2, -0.15) is 0 Å². The van der Waals surface area contributed by atoms with E-state index in [1.807, 2.05) is 0 Å². The van der Waals surface area contributed by atoms with E-state index in [0.717, 1.165) is 24.3 Å². The molecule has 0 rings (SSSR count). The maximum atomic E-state index is 10.3. The van der Waals surface area contributed by atoms with Crippen LogP contribution in [0.2, 0.25) is 0 Å². The van der Waals surface area contributed by atoms with Crippen LogP contribution in [0.5, 0.6) is 0 Å². The van der Waals surface area contributed by atoms with Crippen LogP contribution in [0.15, 0.2) is 0 Å². The molecule has 0 saturated heterocycles. The van der Waals surface area contributed by atoms with Crippen LogP contribution in [-0.4, -0.2) is 17.6 Å². The lowest BCUT2D eigenvalue weighted by Gasteiger charge is -2.12. The average molecular weight is 145 g/mol. The predicted octanol–water partition coefficient (Wildman–Crippen LogP) is 0.431. The Bertz CT molecular complexity index is 105. The summed E-state index contributed by atoms with van der Waals surface area (Å²) in [6.45, 7) is 2.65. The van der Waals surface area contributed by atoms with E-state index < -0.39 is 6.03 Å². The summed E-state index contributed by atoms with van der Waals surface area (Å²) in [6.07, 6.45) is 3.13. The summed E-state index contributed by atoms with van der Waals surface area (Å²) < 4.78 is 0. The SMILES string of the molecule is CCCCCN(N)C(N)=O. The fourth-order valence-corrected chi connectivity index (χ4v) is 0.642. The Morgan fingerprint density at radius 2 is 2.10 bits per heavy atom. The quantitative estimate of drug-likeness (QED) is 0.260. The van der Waals surface area contributed by atoms with Crippen molar-refractivity contribution in [1.82, 2.24) is 5.01 Å². The van der Waals surface area contributed by atoms with Crippen LogP contribution in [0, 0.1) is 0 Å². The molecule has 0 spiro atoms. The molecular formula is C6H15N3O. The zero-order valence-electron chi connectivity index (χ0n) is 6.34. The topological polar surface area (TPSA) is 72.3 Å². The van der Waals surface area contributed by atoms with Crippen molar-refractivity contribution >= 4 is 6.03 Å². The molecule has 60 valence electrons. The first kappa shape index (κ1) is 9.23. The smallest absolute Gasteiger partial charge is 0.328 e. The van der Waals surface area contributed by atoms with Gasteiger partial charge in [-0.25, -0.2) is 10.6 Å². The number of urea groups is 1. The van der Waals surface area contributed by atoms with Crippen LogP contribution in [0.25, 0.3) is 0 Å². The van der Waals surface area contributed by atoms with Crippen LogP contribution in [0.4, 0.5) is 4.79 Å². The molecule has 0 aromatic heterocycles. The fourth-order valence-electron chi connectivity index (χ4n) is 0.642. The van der Waals surface area contributed by atoms with Crippen LogP contribution in [-0.2, 0) is 0 Å². The van der Waals surface area contributed by atoms with Crippen molar-refractivity contribution in [3.05, 3.63) is 0 Å². The van der Waals surface area contributed by atoms with E-state index in [1.165, 1.54) is 0 Å². The monoisotopic (exact) mass is 145 g/mol. The normalized spacial score (nSPS) is 9.40. The number of hydrogen-bond donors (Lipinski definition) is 2. The van der Waals surface area contributed by atoms with Gasteiger partial charge in [0.25, 0.3) is 0 Å². The highest BCUT2D eigenvalue weighted by Crippen LogP contribution is 1.93. The molecule has 0 unspecified atom stereocenters. The largest absolute Gasteiger partial charge is 0.350 e. The van der Waals surface area contributed by atoms with Crippen LogP contribution in [0.3, 0.4) is 0 Å². The summed E-state index contributed by atoms with van der Waals surface area (Å²) in [5.41, 5.74) is 4.88. The fraction of sp³-hybridized carbons (Fsp3) is 0.833. The molecule has 0 aromatic rings. The van der Waals surface area contributed by atoms with Crippen molar-refractivity contribution < 1.29 is 4.79 Å². The number of nitrogens with zero attached hydrogens (tertiary/aromatic N) is 1. The second kappa shape index (κ2) is 5.05. The number of primary amides is 1. The molecule has 0 aliphatic rings. The van der Waals surface area contributed by atoms with Crippen molar-refractivity contribution in [2.75, 3.05) is 6.54 Å². The third-order valence-corrected chi connectivity index (χ3v) is 1.29. The highest BCUT2D eigenvalue weighted by molar-refractivity contribution is 5.71. The number of rotatable bonds is 4. The van der Waals surface area contributed by atoms with Gasteiger partial charge in [0.15, 0.2) is 0 Å². The highest BCUT2D eigenvalue weighted by Gasteiger charge is 2.00. The van der Waals surface area contributed by atoms with Gasteiger partial charge in [0.05, 0.1) is 0 Å². The Labute approximate surface area is 61.1 Å². The molecular weight excluding hydrogens is 130 g/mol. The molecule has 0 aromatic carbocycles. The van der Waals surface area contributed by atoms with Crippen molar-refractivity contribution in [3.63, 3.8) is 0 Å². The molecule has 0 bridgehead atoms. The third-order valence-electron chi connectivity index (χ3n) is 1.29. The van der Waals surface area contributed by atoms with Crippen LogP contribution >= 0.6 is 0 Å². The molecule has 0 atom stereocenters. The first-order chi connectivity index (χ1) is 4.68. The summed E-state index contributed by atoms with van der Waals surface area (Å²) in [5, 5.41) is 1.04. The minimum atomic E-state index is -0.559. The number of nitrogens with two attached hydrogens (primary N) is 2. The Balaban J connectivity index is 3.21. The molecule has 4 N–H and O–H groups in total. The summed E-state index contributed by atoms with van der Waals surface area (Å²) in [4.78, 5) is 10.3. The van der Waals surface area contributed by atoms with E-state index in [1.54, 1.807) is 0 Å².